The molecule has 4 rings (SSSR count). The number of carbonyl (C=O) groups excluding carboxylic acids is 1. The molecule has 0 fully saturated rings. The quantitative estimate of drug-likeness (QED) is 0.633. The molecule has 1 aromatic heterocycles. The topological polar surface area (TPSA) is 49.0 Å². The molecule has 0 saturated heterocycles. The Kier molecular flexibility index (Phi) is 5.01. The van der Waals surface area contributed by atoms with Gasteiger partial charge in [0.05, 0.1) is 5.69 Å². The number of halogens is 2. The van der Waals surface area contributed by atoms with Crippen LogP contribution >= 0.6 is 23.2 Å². The van der Waals surface area contributed by atoms with Gasteiger partial charge in [-0.3, -0.25) is 9.89 Å². The van der Waals surface area contributed by atoms with Crippen molar-refractivity contribution in [3.05, 3.63) is 81.5 Å². The first-order valence-electron chi connectivity index (χ1n) is 8.65. The van der Waals surface area contributed by atoms with Gasteiger partial charge in [0.25, 0.3) is 0 Å². The number of nitrogens with zero attached hydrogens (tertiary/aromatic N) is 2. The maximum atomic E-state index is 12.6. The third-order valence-electron chi connectivity index (χ3n) is 4.65. The lowest BCUT2D eigenvalue weighted by atomic mass is 10.0. The highest BCUT2D eigenvalue weighted by atomic mass is 35.5. The van der Waals surface area contributed by atoms with Gasteiger partial charge in [0.15, 0.2) is 0 Å². The van der Waals surface area contributed by atoms with Crippen molar-refractivity contribution in [2.75, 3.05) is 6.54 Å². The Morgan fingerprint density at radius 2 is 1.70 bits per heavy atom. The molecule has 136 valence electrons. The van der Waals surface area contributed by atoms with E-state index < -0.39 is 0 Å². The third-order valence-corrected chi connectivity index (χ3v) is 5.16. The van der Waals surface area contributed by atoms with Crippen LogP contribution in [0.3, 0.4) is 0 Å². The number of amides is 1. The summed E-state index contributed by atoms with van der Waals surface area (Å²) >= 11 is 11.9. The molecule has 2 aromatic carbocycles. The van der Waals surface area contributed by atoms with Crippen molar-refractivity contribution in [3.63, 3.8) is 0 Å². The molecule has 1 aliphatic rings. The zero-order valence-corrected chi connectivity index (χ0v) is 16.0. The van der Waals surface area contributed by atoms with Gasteiger partial charge in [-0.15, -0.1) is 0 Å². The highest BCUT2D eigenvalue weighted by molar-refractivity contribution is 6.30. The molecule has 0 aliphatic carbocycles. The molecule has 27 heavy (non-hydrogen) atoms. The van der Waals surface area contributed by atoms with Crippen LogP contribution in [0.1, 0.15) is 16.8 Å². The van der Waals surface area contributed by atoms with Crippen LogP contribution in [0.4, 0.5) is 0 Å². The number of aromatic nitrogens is 2. The van der Waals surface area contributed by atoms with E-state index in [0.717, 1.165) is 34.5 Å². The Balaban J connectivity index is 1.52. The van der Waals surface area contributed by atoms with Crippen LogP contribution in [0, 0.1) is 0 Å². The lowest BCUT2D eigenvalue weighted by Crippen LogP contribution is -2.34. The summed E-state index contributed by atoms with van der Waals surface area (Å²) in [6.45, 7) is 1.20. The van der Waals surface area contributed by atoms with Gasteiger partial charge in [-0.1, -0.05) is 47.5 Å². The first-order chi connectivity index (χ1) is 13.1. The van der Waals surface area contributed by atoms with E-state index in [1.165, 1.54) is 0 Å². The van der Waals surface area contributed by atoms with Crippen molar-refractivity contribution in [3.8, 4) is 11.3 Å². The van der Waals surface area contributed by atoms with E-state index >= 15 is 0 Å². The van der Waals surface area contributed by atoms with Crippen LogP contribution in [0.15, 0.2) is 54.6 Å². The number of hydrogen-bond donors (Lipinski definition) is 1. The molecule has 1 amide bonds. The number of carbonyl (C=O) groups is 1. The summed E-state index contributed by atoms with van der Waals surface area (Å²) in [5, 5.41) is 8.93. The van der Waals surface area contributed by atoms with Crippen molar-refractivity contribution in [1.29, 1.82) is 0 Å². The molecule has 0 unspecified atom stereocenters. The fourth-order valence-electron chi connectivity index (χ4n) is 3.18. The van der Waals surface area contributed by atoms with E-state index in [9.17, 15) is 4.79 Å². The summed E-state index contributed by atoms with van der Waals surface area (Å²) in [6.07, 6.45) is 4.18. The molecule has 0 radical (unpaired) electrons. The number of rotatable bonds is 3. The Hall–Kier alpha value is -2.56. The summed E-state index contributed by atoms with van der Waals surface area (Å²) in [7, 11) is 0. The summed E-state index contributed by atoms with van der Waals surface area (Å²) in [5.74, 6) is -0.0149. The SMILES string of the molecule is O=C(/C=C/c1ccc(Cl)cc1)N1CCc2[nH]nc(-c3ccc(Cl)cc3)c2C1. The van der Waals surface area contributed by atoms with E-state index in [1.54, 1.807) is 6.08 Å². The molecular weight excluding hydrogens is 381 g/mol. The van der Waals surface area contributed by atoms with Gasteiger partial charge in [-0.05, 0) is 35.9 Å². The predicted octanol–water partition coefficient (Wildman–Crippen LogP) is 4.98. The zero-order chi connectivity index (χ0) is 18.8. The van der Waals surface area contributed by atoms with Gasteiger partial charge >= 0.3 is 0 Å². The van der Waals surface area contributed by atoms with Crippen molar-refractivity contribution in [2.24, 2.45) is 0 Å². The van der Waals surface area contributed by atoms with Gasteiger partial charge in [0.2, 0.25) is 5.91 Å². The second-order valence-corrected chi connectivity index (χ2v) is 7.30. The summed E-state index contributed by atoms with van der Waals surface area (Å²) < 4.78 is 0. The average Bonchev–Trinajstić information content (AvgIpc) is 3.11. The first kappa shape index (κ1) is 17.8. The van der Waals surface area contributed by atoms with Gasteiger partial charge in [-0.25, -0.2) is 0 Å². The van der Waals surface area contributed by atoms with Gasteiger partial charge in [0, 0.05) is 52.5 Å². The molecule has 6 heteroatoms. The van der Waals surface area contributed by atoms with Gasteiger partial charge < -0.3 is 4.90 Å². The Morgan fingerprint density at radius 1 is 1.04 bits per heavy atom. The molecule has 2 heterocycles. The molecule has 0 saturated carbocycles. The van der Waals surface area contributed by atoms with Crippen molar-refractivity contribution < 1.29 is 4.79 Å². The fraction of sp³-hybridized carbons (Fsp3) is 0.143. The lowest BCUT2D eigenvalue weighted by molar-refractivity contribution is -0.126. The number of nitrogens with one attached hydrogen (secondary N) is 1. The average molecular weight is 398 g/mol. The second kappa shape index (κ2) is 7.59. The van der Waals surface area contributed by atoms with Crippen molar-refractivity contribution >= 4 is 35.2 Å². The number of benzene rings is 2. The predicted molar refractivity (Wildman–Crippen MR) is 109 cm³/mol. The van der Waals surface area contributed by atoms with E-state index in [1.807, 2.05) is 59.5 Å². The third kappa shape index (κ3) is 3.92. The molecular formula is C21H17Cl2N3O. The van der Waals surface area contributed by atoms with Crippen LogP contribution < -0.4 is 0 Å². The number of hydrogen-bond acceptors (Lipinski definition) is 2. The maximum absolute atomic E-state index is 12.6. The highest BCUT2D eigenvalue weighted by Gasteiger charge is 2.24. The molecule has 0 spiro atoms. The van der Waals surface area contributed by atoms with Gasteiger partial charge in [-0.2, -0.15) is 5.10 Å². The molecule has 1 N–H and O–H groups in total. The Labute approximate surface area is 167 Å². The zero-order valence-electron chi connectivity index (χ0n) is 14.5. The maximum Gasteiger partial charge on any atom is 0.246 e. The van der Waals surface area contributed by atoms with Crippen LogP contribution in [-0.2, 0) is 17.8 Å². The first-order valence-corrected chi connectivity index (χ1v) is 9.40. The molecule has 3 aromatic rings. The minimum Gasteiger partial charge on any atom is -0.334 e. The monoisotopic (exact) mass is 397 g/mol. The fourth-order valence-corrected chi connectivity index (χ4v) is 3.43. The Morgan fingerprint density at radius 3 is 2.41 bits per heavy atom. The summed E-state index contributed by atoms with van der Waals surface area (Å²) in [6, 6.07) is 15.0. The standard InChI is InChI=1S/C21H17Cl2N3O/c22-16-6-1-14(2-7-16)3-10-20(27)26-12-11-19-18(13-26)21(25-24-19)15-4-8-17(23)9-5-15/h1-10H,11-13H2,(H,24,25)/b10-3+. The van der Waals surface area contributed by atoms with Crippen LogP contribution in [0.5, 0.6) is 0 Å². The normalized spacial score (nSPS) is 13.8. The minimum atomic E-state index is -0.0149. The summed E-state index contributed by atoms with van der Waals surface area (Å²) in [4.78, 5) is 14.5. The lowest BCUT2D eigenvalue weighted by Gasteiger charge is -2.26. The van der Waals surface area contributed by atoms with Crippen LogP contribution in [-0.4, -0.2) is 27.5 Å². The molecule has 0 atom stereocenters. The van der Waals surface area contributed by atoms with Crippen molar-refractivity contribution in [1.82, 2.24) is 15.1 Å². The number of aromatic amines is 1. The molecule has 0 bridgehead atoms. The smallest absolute Gasteiger partial charge is 0.246 e. The largest absolute Gasteiger partial charge is 0.334 e. The number of H-pyrrole nitrogens is 1. The van der Waals surface area contributed by atoms with Crippen molar-refractivity contribution in [2.45, 2.75) is 13.0 Å². The minimum absolute atomic E-state index is 0.0149. The van der Waals surface area contributed by atoms with E-state index in [0.29, 0.717) is 23.1 Å². The molecule has 4 nitrogen and oxygen atoms in total. The van der Waals surface area contributed by atoms with E-state index in [-0.39, 0.29) is 5.91 Å². The van der Waals surface area contributed by atoms with Crippen LogP contribution in [0.2, 0.25) is 10.0 Å². The number of fused-ring (bicyclic) bond motifs is 1. The highest BCUT2D eigenvalue weighted by Crippen LogP contribution is 2.29. The molecule has 1 aliphatic heterocycles. The summed E-state index contributed by atoms with van der Waals surface area (Å²) in [5.41, 5.74) is 4.96. The van der Waals surface area contributed by atoms with E-state index in [4.69, 9.17) is 23.2 Å². The van der Waals surface area contributed by atoms with Gasteiger partial charge in [0.1, 0.15) is 0 Å². The van der Waals surface area contributed by atoms with E-state index in [2.05, 4.69) is 10.2 Å². The van der Waals surface area contributed by atoms with Crippen LogP contribution in [0.25, 0.3) is 17.3 Å². The Bertz CT molecular complexity index is 991. The second-order valence-electron chi connectivity index (χ2n) is 6.43.